The van der Waals surface area contributed by atoms with Gasteiger partial charge in [0.2, 0.25) is 0 Å². The van der Waals surface area contributed by atoms with Crippen LogP contribution in [0.15, 0.2) is 36.7 Å². The highest BCUT2D eigenvalue weighted by molar-refractivity contribution is 5.92. The van der Waals surface area contributed by atoms with Crippen molar-refractivity contribution in [1.82, 2.24) is 15.3 Å². The molecule has 1 aromatic heterocycles. The molecule has 1 aromatic carbocycles. The lowest BCUT2D eigenvalue weighted by Gasteiger charge is -2.10. The molecule has 0 bridgehead atoms. The van der Waals surface area contributed by atoms with Crippen molar-refractivity contribution < 1.29 is 9.53 Å². The molecule has 2 aromatic rings. The van der Waals surface area contributed by atoms with Gasteiger partial charge >= 0.3 is 0 Å². The van der Waals surface area contributed by atoms with E-state index in [-0.39, 0.29) is 5.91 Å². The van der Waals surface area contributed by atoms with Crippen molar-refractivity contribution >= 4 is 11.7 Å². The molecule has 2 rings (SSSR count). The number of methoxy groups -OCH3 is 1. The van der Waals surface area contributed by atoms with Crippen molar-refractivity contribution in [2.75, 3.05) is 25.5 Å². The average molecular weight is 328 g/mol. The number of benzene rings is 1. The van der Waals surface area contributed by atoms with Gasteiger partial charge < -0.3 is 15.4 Å². The number of carbonyl (C=O) groups is 1. The zero-order valence-corrected chi connectivity index (χ0v) is 14.4. The number of hydrogen-bond acceptors (Lipinski definition) is 5. The van der Waals surface area contributed by atoms with Crippen LogP contribution in [0.4, 0.5) is 5.82 Å². The van der Waals surface area contributed by atoms with Crippen molar-refractivity contribution in [3.05, 3.63) is 47.9 Å². The summed E-state index contributed by atoms with van der Waals surface area (Å²) in [6.45, 7) is 5.53. The minimum atomic E-state index is -0.208. The Bertz CT molecular complexity index is 674. The number of carbonyl (C=O) groups excluding carboxylic acids is 1. The highest BCUT2D eigenvalue weighted by Crippen LogP contribution is 2.17. The zero-order valence-electron chi connectivity index (χ0n) is 14.4. The first-order valence-corrected chi connectivity index (χ1v) is 8.06. The summed E-state index contributed by atoms with van der Waals surface area (Å²) in [5, 5.41) is 6.07. The fourth-order valence-corrected chi connectivity index (χ4v) is 2.20. The van der Waals surface area contributed by atoms with Crippen LogP contribution < -0.4 is 15.4 Å². The van der Waals surface area contributed by atoms with E-state index in [9.17, 15) is 4.79 Å². The second-order valence-electron chi connectivity index (χ2n) is 5.88. The smallest absolute Gasteiger partial charge is 0.270 e. The van der Waals surface area contributed by atoms with E-state index in [1.807, 2.05) is 24.3 Å². The van der Waals surface area contributed by atoms with Gasteiger partial charge in [-0.05, 0) is 24.0 Å². The van der Waals surface area contributed by atoms with Gasteiger partial charge in [0.25, 0.3) is 5.91 Å². The molecule has 1 amide bonds. The Balaban J connectivity index is 1.89. The molecule has 0 aliphatic heterocycles. The summed E-state index contributed by atoms with van der Waals surface area (Å²) in [6, 6.07) is 9.45. The first-order valence-electron chi connectivity index (χ1n) is 8.06. The maximum Gasteiger partial charge on any atom is 0.270 e. The van der Waals surface area contributed by atoms with Gasteiger partial charge in [-0.25, -0.2) is 9.97 Å². The van der Waals surface area contributed by atoms with E-state index in [1.165, 1.54) is 6.33 Å². The summed E-state index contributed by atoms with van der Waals surface area (Å²) in [7, 11) is 1.64. The fraction of sp³-hybridized carbons (Fsp3) is 0.389. The normalized spacial score (nSPS) is 10.5. The number of hydrogen-bond donors (Lipinski definition) is 2. The molecule has 6 heteroatoms. The molecule has 0 saturated carbocycles. The maximum atomic E-state index is 12.2. The molecule has 0 fully saturated rings. The van der Waals surface area contributed by atoms with Crippen molar-refractivity contribution in [2.24, 2.45) is 5.92 Å². The van der Waals surface area contributed by atoms with Gasteiger partial charge in [-0.1, -0.05) is 32.0 Å². The molecule has 0 saturated heterocycles. The Labute approximate surface area is 142 Å². The third kappa shape index (κ3) is 5.22. The van der Waals surface area contributed by atoms with Crippen LogP contribution in [0.1, 0.15) is 29.9 Å². The lowest BCUT2D eigenvalue weighted by atomic mass is 10.1. The topological polar surface area (TPSA) is 76.1 Å². The Morgan fingerprint density at radius 2 is 2.04 bits per heavy atom. The van der Waals surface area contributed by atoms with Crippen LogP contribution in [0.25, 0.3) is 0 Å². The Morgan fingerprint density at radius 3 is 2.79 bits per heavy atom. The predicted octanol–water partition coefficient (Wildman–Crippen LogP) is 2.53. The minimum absolute atomic E-state index is 0.208. The van der Waals surface area contributed by atoms with Gasteiger partial charge in [0.15, 0.2) is 0 Å². The average Bonchev–Trinajstić information content (AvgIpc) is 2.60. The Hall–Kier alpha value is -2.63. The number of para-hydroxylation sites is 1. The molecule has 0 atom stereocenters. The SMILES string of the molecule is COc1ccccc1CCNC(=O)c1cc(NCC(C)C)ncn1. The van der Waals surface area contributed by atoms with Gasteiger partial charge in [0.1, 0.15) is 23.6 Å². The van der Waals surface area contributed by atoms with Gasteiger partial charge in [0, 0.05) is 19.2 Å². The van der Waals surface area contributed by atoms with Crippen molar-refractivity contribution in [3.63, 3.8) is 0 Å². The number of rotatable bonds is 8. The summed E-state index contributed by atoms with van der Waals surface area (Å²) in [5.41, 5.74) is 1.42. The zero-order chi connectivity index (χ0) is 17.4. The predicted molar refractivity (Wildman–Crippen MR) is 94.4 cm³/mol. The monoisotopic (exact) mass is 328 g/mol. The number of anilines is 1. The van der Waals surface area contributed by atoms with E-state index in [4.69, 9.17) is 4.74 Å². The van der Waals surface area contributed by atoms with Crippen molar-refractivity contribution in [2.45, 2.75) is 20.3 Å². The van der Waals surface area contributed by atoms with E-state index in [2.05, 4.69) is 34.4 Å². The maximum absolute atomic E-state index is 12.2. The third-order valence-electron chi connectivity index (χ3n) is 3.46. The lowest BCUT2D eigenvalue weighted by Crippen LogP contribution is -2.27. The quantitative estimate of drug-likeness (QED) is 0.779. The van der Waals surface area contributed by atoms with Crippen LogP contribution in [0.3, 0.4) is 0 Å². The highest BCUT2D eigenvalue weighted by Gasteiger charge is 2.09. The molecule has 0 spiro atoms. The van der Waals surface area contributed by atoms with E-state index >= 15 is 0 Å². The largest absolute Gasteiger partial charge is 0.496 e. The van der Waals surface area contributed by atoms with Crippen LogP contribution in [0, 0.1) is 5.92 Å². The van der Waals surface area contributed by atoms with Crippen LogP contribution in [-0.2, 0) is 6.42 Å². The van der Waals surface area contributed by atoms with Crippen molar-refractivity contribution in [1.29, 1.82) is 0 Å². The summed E-state index contributed by atoms with van der Waals surface area (Å²) >= 11 is 0. The molecule has 0 unspecified atom stereocenters. The lowest BCUT2D eigenvalue weighted by molar-refractivity contribution is 0.0949. The van der Waals surface area contributed by atoms with E-state index in [0.717, 1.165) is 17.9 Å². The number of nitrogens with one attached hydrogen (secondary N) is 2. The second kappa shape index (κ2) is 8.86. The van der Waals surface area contributed by atoms with Crippen LogP contribution in [0.2, 0.25) is 0 Å². The fourth-order valence-electron chi connectivity index (χ4n) is 2.20. The molecule has 2 N–H and O–H groups in total. The van der Waals surface area contributed by atoms with Gasteiger partial charge in [-0.2, -0.15) is 0 Å². The molecule has 0 aliphatic rings. The minimum Gasteiger partial charge on any atom is -0.496 e. The number of amides is 1. The Kier molecular flexibility index (Phi) is 6.54. The third-order valence-corrected chi connectivity index (χ3v) is 3.46. The molecule has 1 heterocycles. The first kappa shape index (κ1) is 17.7. The van der Waals surface area contributed by atoms with Crippen molar-refractivity contribution in [3.8, 4) is 5.75 Å². The first-order chi connectivity index (χ1) is 11.6. The van der Waals surface area contributed by atoms with E-state index in [0.29, 0.717) is 30.4 Å². The molecule has 0 radical (unpaired) electrons. The standard InChI is InChI=1S/C18H24N4O2/c1-13(2)11-20-17-10-15(21-12-22-17)18(23)19-9-8-14-6-4-5-7-16(14)24-3/h4-7,10,12-13H,8-9,11H2,1-3H3,(H,19,23)(H,20,21,22). The van der Waals surface area contributed by atoms with Crippen LogP contribution in [-0.4, -0.2) is 36.1 Å². The van der Waals surface area contributed by atoms with Gasteiger partial charge in [-0.15, -0.1) is 0 Å². The van der Waals surface area contributed by atoms with Gasteiger partial charge in [0.05, 0.1) is 7.11 Å². The molecular formula is C18H24N4O2. The number of ether oxygens (including phenoxy) is 1. The molecule has 6 nitrogen and oxygen atoms in total. The van der Waals surface area contributed by atoms with Crippen LogP contribution in [0.5, 0.6) is 5.75 Å². The molecular weight excluding hydrogens is 304 g/mol. The summed E-state index contributed by atoms with van der Waals surface area (Å²) in [6.07, 6.45) is 2.09. The van der Waals surface area contributed by atoms with Gasteiger partial charge in [-0.3, -0.25) is 4.79 Å². The Morgan fingerprint density at radius 1 is 1.25 bits per heavy atom. The van der Waals surface area contributed by atoms with E-state index in [1.54, 1.807) is 13.2 Å². The molecule has 0 aliphatic carbocycles. The summed E-state index contributed by atoms with van der Waals surface area (Å²) in [4.78, 5) is 20.4. The highest BCUT2D eigenvalue weighted by atomic mass is 16.5. The van der Waals surface area contributed by atoms with Crippen LogP contribution >= 0.6 is 0 Å². The summed E-state index contributed by atoms with van der Waals surface area (Å²) < 4.78 is 5.31. The number of nitrogens with zero attached hydrogens (tertiary/aromatic N) is 2. The number of aromatic nitrogens is 2. The second-order valence-corrected chi connectivity index (χ2v) is 5.88. The van der Waals surface area contributed by atoms with E-state index < -0.39 is 0 Å². The molecule has 128 valence electrons. The molecule has 24 heavy (non-hydrogen) atoms. The summed E-state index contributed by atoms with van der Waals surface area (Å²) in [5.74, 6) is 1.78.